The largest absolute Gasteiger partial charge is 0.493 e. The van der Waals surface area contributed by atoms with Gasteiger partial charge < -0.3 is 14.8 Å². The van der Waals surface area contributed by atoms with E-state index in [0.717, 1.165) is 24.3 Å². The number of sulfonamides is 1. The van der Waals surface area contributed by atoms with Gasteiger partial charge >= 0.3 is 6.18 Å². The van der Waals surface area contributed by atoms with Crippen molar-refractivity contribution in [3.63, 3.8) is 0 Å². The van der Waals surface area contributed by atoms with Crippen LogP contribution in [0.2, 0.25) is 5.02 Å². The summed E-state index contributed by atoms with van der Waals surface area (Å²) in [6.45, 7) is -0.718. The van der Waals surface area contributed by atoms with Gasteiger partial charge in [-0.25, -0.2) is 12.8 Å². The average Bonchev–Trinajstić information content (AvgIpc) is 2.92. The van der Waals surface area contributed by atoms with Crippen molar-refractivity contribution >= 4 is 45.0 Å². The number of carbonyl (C=O) groups excluding carboxylic acids is 1. The molecule has 0 aromatic heterocycles. The topological polar surface area (TPSA) is 84.9 Å². The van der Waals surface area contributed by atoms with Gasteiger partial charge in [-0.15, -0.1) is 0 Å². The molecule has 3 rings (SSSR count). The molecule has 3 aromatic rings. The maximum absolute atomic E-state index is 13.9. The average molecular weight is 621 g/mol. The highest BCUT2D eigenvalue weighted by atomic mass is 35.5. The highest BCUT2D eigenvalue weighted by Gasteiger charge is 2.33. The van der Waals surface area contributed by atoms with E-state index in [2.05, 4.69) is 5.32 Å². The fourth-order valence-electron chi connectivity index (χ4n) is 3.55. The summed E-state index contributed by atoms with van der Waals surface area (Å²) in [6, 6.07) is 11.7. The number of methoxy groups -OCH3 is 2. The predicted octanol–water partition coefficient (Wildman–Crippen LogP) is 5.76. The molecule has 0 bridgehead atoms. The number of halogens is 5. The lowest BCUT2D eigenvalue weighted by molar-refractivity contribution is -0.137. The van der Waals surface area contributed by atoms with Gasteiger partial charge in [0.1, 0.15) is 12.4 Å². The second kappa shape index (κ2) is 13.5. The third-order valence-corrected chi connectivity index (χ3v) is 8.68. The van der Waals surface area contributed by atoms with E-state index in [1.165, 1.54) is 50.2 Å². The zero-order valence-corrected chi connectivity index (χ0v) is 23.7. The van der Waals surface area contributed by atoms with Crippen molar-refractivity contribution in [2.24, 2.45) is 0 Å². The minimum Gasteiger partial charge on any atom is -0.493 e. The van der Waals surface area contributed by atoms with E-state index in [9.17, 15) is 30.8 Å². The van der Waals surface area contributed by atoms with Gasteiger partial charge in [-0.2, -0.15) is 24.9 Å². The standard InChI is InChI=1S/C26H25ClF4N2O5S2/c1-37-23-10-9-19(14-24(23)38-2)40(35,36)33(18-6-3-5-17(13-18)26(29,30)31)15-25(34)32-11-12-39-16-20-21(27)7-4-8-22(20)28/h3-10,13-14H,11-12,15-16H2,1-2H3,(H,32,34). The number of thioether (sulfide) groups is 1. The van der Waals surface area contributed by atoms with E-state index in [4.69, 9.17) is 21.1 Å². The lowest BCUT2D eigenvalue weighted by Crippen LogP contribution is -2.41. The minimum atomic E-state index is -4.74. The van der Waals surface area contributed by atoms with Gasteiger partial charge in [0, 0.05) is 34.7 Å². The van der Waals surface area contributed by atoms with Crippen LogP contribution in [0.1, 0.15) is 11.1 Å². The zero-order chi connectivity index (χ0) is 29.5. The Morgan fingerprint density at radius 2 is 1.73 bits per heavy atom. The van der Waals surface area contributed by atoms with Gasteiger partial charge in [-0.05, 0) is 42.5 Å². The second-order valence-electron chi connectivity index (χ2n) is 8.18. The van der Waals surface area contributed by atoms with Crippen LogP contribution < -0.4 is 19.1 Å². The molecule has 0 aliphatic heterocycles. The highest BCUT2D eigenvalue weighted by Crippen LogP contribution is 2.35. The van der Waals surface area contributed by atoms with Gasteiger partial charge in [0.15, 0.2) is 11.5 Å². The summed E-state index contributed by atoms with van der Waals surface area (Å²) in [7, 11) is -1.89. The number of hydrogen-bond acceptors (Lipinski definition) is 6. The third-order valence-electron chi connectivity index (χ3n) is 5.57. The summed E-state index contributed by atoms with van der Waals surface area (Å²) >= 11 is 7.29. The molecular formula is C26H25ClF4N2O5S2. The first kappa shape index (κ1) is 31.4. The van der Waals surface area contributed by atoms with Crippen LogP contribution in [0.3, 0.4) is 0 Å². The molecule has 0 saturated heterocycles. The normalized spacial score (nSPS) is 11.7. The van der Waals surface area contributed by atoms with Crippen molar-refractivity contribution < 1.29 is 40.2 Å². The van der Waals surface area contributed by atoms with Gasteiger partial charge in [-0.3, -0.25) is 9.10 Å². The van der Waals surface area contributed by atoms with E-state index >= 15 is 0 Å². The molecule has 7 nitrogen and oxygen atoms in total. The van der Waals surface area contributed by atoms with Crippen LogP contribution in [-0.2, 0) is 26.7 Å². The number of nitrogens with one attached hydrogen (secondary N) is 1. The molecule has 14 heteroatoms. The molecule has 40 heavy (non-hydrogen) atoms. The molecule has 0 saturated carbocycles. The van der Waals surface area contributed by atoms with Crippen molar-refractivity contribution in [3.05, 3.63) is 82.6 Å². The lowest BCUT2D eigenvalue weighted by Gasteiger charge is -2.25. The van der Waals surface area contributed by atoms with Crippen LogP contribution in [0.4, 0.5) is 23.2 Å². The molecule has 1 amide bonds. The summed E-state index contributed by atoms with van der Waals surface area (Å²) < 4.78 is 92.2. The first-order valence-corrected chi connectivity index (χ1v) is 14.5. The number of hydrogen-bond donors (Lipinski definition) is 1. The van der Waals surface area contributed by atoms with E-state index < -0.39 is 40.0 Å². The van der Waals surface area contributed by atoms with Crippen LogP contribution in [0.5, 0.6) is 11.5 Å². The number of anilines is 1. The SMILES string of the molecule is COc1ccc(S(=O)(=O)N(CC(=O)NCCSCc2c(F)cccc2Cl)c2cccc(C(F)(F)F)c2)cc1OC. The summed E-state index contributed by atoms with van der Waals surface area (Å²) in [6.07, 6.45) is -4.74. The Morgan fingerprint density at radius 1 is 1.02 bits per heavy atom. The Morgan fingerprint density at radius 3 is 2.38 bits per heavy atom. The van der Waals surface area contributed by atoms with E-state index in [0.29, 0.717) is 21.7 Å². The molecular weight excluding hydrogens is 596 g/mol. The summed E-state index contributed by atoms with van der Waals surface area (Å²) in [4.78, 5) is 12.5. The number of benzene rings is 3. The molecule has 0 heterocycles. The van der Waals surface area contributed by atoms with E-state index in [1.54, 1.807) is 6.07 Å². The number of alkyl halides is 3. The number of ether oxygens (including phenoxy) is 2. The Hall–Kier alpha value is -3.16. The maximum Gasteiger partial charge on any atom is 0.416 e. The number of rotatable bonds is 12. The van der Waals surface area contributed by atoms with Gasteiger partial charge in [0.2, 0.25) is 5.91 Å². The monoisotopic (exact) mass is 620 g/mol. The first-order chi connectivity index (χ1) is 18.9. The van der Waals surface area contributed by atoms with E-state index in [-0.39, 0.29) is 39.4 Å². The molecule has 0 atom stereocenters. The molecule has 216 valence electrons. The number of amides is 1. The quantitative estimate of drug-likeness (QED) is 0.205. The van der Waals surface area contributed by atoms with Crippen molar-refractivity contribution in [2.45, 2.75) is 16.8 Å². The van der Waals surface area contributed by atoms with Crippen LogP contribution in [0.25, 0.3) is 0 Å². The fraction of sp³-hybridized carbons (Fsp3) is 0.269. The fourth-order valence-corrected chi connectivity index (χ4v) is 6.18. The number of nitrogens with zero attached hydrogens (tertiary/aromatic N) is 1. The van der Waals surface area contributed by atoms with Crippen molar-refractivity contribution in [1.82, 2.24) is 5.32 Å². The lowest BCUT2D eigenvalue weighted by atomic mass is 10.2. The molecule has 0 spiro atoms. The van der Waals surface area contributed by atoms with Gasteiger partial charge in [-0.1, -0.05) is 23.7 Å². The third kappa shape index (κ3) is 7.73. The van der Waals surface area contributed by atoms with Crippen LogP contribution >= 0.6 is 23.4 Å². The second-order valence-corrected chi connectivity index (χ2v) is 11.6. The molecule has 0 fully saturated rings. The maximum atomic E-state index is 13.9. The van der Waals surface area contributed by atoms with Crippen LogP contribution in [0.15, 0.2) is 65.6 Å². The molecule has 0 aliphatic carbocycles. The molecule has 0 radical (unpaired) electrons. The van der Waals surface area contributed by atoms with Gasteiger partial charge in [0.25, 0.3) is 10.0 Å². The minimum absolute atomic E-state index is 0.0731. The Balaban J connectivity index is 1.80. The molecule has 0 unspecified atom stereocenters. The summed E-state index contributed by atoms with van der Waals surface area (Å²) in [5, 5.41) is 2.82. The predicted molar refractivity (Wildman–Crippen MR) is 146 cm³/mol. The van der Waals surface area contributed by atoms with Crippen molar-refractivity contribution in [2.75, 3.05) is 37.4 Å². The smallest absolute Gasteiger partial charge is 0.416 e. The van der Waals surface area contributed by atoms with Gasteiger partial charge in [0.05, 0.1) is 30.4 Å². The van der Waals surface area contributed by atoms with E-state index in [1.807, 2.05) is 0 Å². The van der Waals surface area contributed by atoms with Crippen LogP contribution in [0, 0.1) is 5.82 Å². The summed E-state index contributed by atoms with van der Waals surface area (Å²) in [5.41, 5.74) is -1.12. The van der Waals surface area contributed by atoms with Crippen molar-refractivity contribution in [3.8, 4) is 11.5 Å². The number of carbonyl (C=O) groups is 1. The Bertz CT molecular complexity index is 1430. The zero-order valence-electron chi connectivity index (χ0n) is 21.3. The van der Waals surface area contributed by atoms with Crippen LogP contribution in [-0.4, -0.2) is 47.4 Å². The molecule has 3 aromatic carbocycles. The first-order valence-electron chi connectivity index (χ1n) is 11.6. The Kier molecular flexibility index (Phi) is 10.6. The summed E-state index contributed by atoms with van der Waals surface area (Å²) in [5.74, 6) is -0.330. The Labute approximate surface area is 238 Å². The molecule has 1 N–H and O–H groups in total. The highest BCUT2D eigenvalue weighted by molar-refractivity contribution is 7.98. The molecule has 0 aliphatic rings. The van der Waals surface area contributed by atoms with Crippen molar-refractivity contribution in [1.29, 1.82) is 0 Å².